The van der Waals surface area contributed by atoms with E-state index in [4.69, 9.17) is 25.5 Å². The van der Waals surface area contributed by atoms with Gasteiger partial charge in [0.2, 0.25) is 11.8 Å². The van der Waals surface area contributed by atoms with E-state index >= 15 is 0 Å². The van der Waals surface area contributed by atoms with Gasteiger partial charge in [-0.2, -0.15) is 5.10 Å². The van der Waals surface area contributed by atoms with Gasteiger partial charge in [0, 0.05) is 50.9 Å². The molecule has 0 aromatic carbocycles. The number of hydrogen-bond donors (Lipinski definition) is 2. The molecule has 2 aliphatic heterocycles. The molecule has 236 valence electrons. The van der Waals surface area contributed by atoms with Crippen molar-refractivity contribution >= 4 is 17.6 Å². The molecular formula is C29H42F2N8O4. The van der Waals surface area contributed by atoms with E-state index in [0.717, 1.165) is 49.3 Å². The smallest absolute Gasteiger partial charge is 0.272 e. The van der Waals surface area contributed by atoms with Crippen LogP contribution in [0.1, 0.15) is 104 Å². The highest BCUT2D eigenvalue weighted by molar-refractivity contribution is 5.91. The first-order valence-electron chi connectivity index (χ1n) is 15.3. The summed E-state index contributed by atoms with van der Waals surface area (Å²) in [7, 11) is 0. The standard InChI is InChI=1S/C23H31F2N5O2.C4H5N3O2.C2H6/c24-23(25)7-3-15(4-8-23)12-18-14-30-22(27-18)28-20(16-5-10-32-11-6-16)19(29-30)13-17-2-1-9-26-21(17)31;1-2-3(4(5)8)7-9-6-2;1-2/h14-17H,1-13H2,(H,26,31);1H3,(H2,5,8);1-2H3. The van der Waals surface area contributed by atoms with Gasteiger partial charge in [-0.1, -0.05) is 19.0 Å². The van der Waals surface area contributed by atoms with E-state index in [9.17, 15) is 18.4 Å². The molecule has 3 N–H and O–H groups in total. The fourth-order valence-corrected chi connectivity index (χ4v) is 5.77. The van der Waals surface area contributed by atoms with Gasteiger partial charge in [-0.25, -0.2) is 27.9 Å². The number of ether oxygens (including phenoxy) is 1. The zero-order chi connectivity index (χ0) is 31.0. The van der Waals surface area contributed by atoms with Crippen molar-refractivity contribution < 1.29 is 27.7 Å². The minimum absolute atomic E-state index is 0.0387. The average Bonchev–Trinajstić information content (AvgIpc) is 3.62. The quantitative estimate of drug-likeness (QED) is 0.424. The average molecular weight is 605 g/mol. The van der Waals surface area contributed by atoms with Gasteiger partial charge < -0.3 is 15.8 Å². The second-order valence-electron chi connectivity index (χ2n) is 11.2. The Morgan fingerprint density at radius 3 is 2.42 bits per heavy atom. The van der Waals surface area contributed by atoms with Gasteiger partial charge in [-0.15, -0.1) is 0 Å². The Hall–Kier alpha value is -3.55. The molecule has 1 saturated carbocycles. The van der Waals surface area contributed by atoms with Crippen LogP contribution in [0.25, 0.3) is 5.78 Å². The van der Waals surface area contributed by atoms with Crippen LogP contribution in [0, 0.1) is 18.8 Å². The lowest BCUT2D eigenvalue weighted by Crippen LogP contribution is -2.38. The number of halogens is 2. The number of nitrogens with two attached hydrogens (primary N) is 1. The zero-order valence-electron chi connectivity index (χ0n) is 25.2. The van der Waals surface area contributed by atoms with Gasteiger partial charge >= 0.3 is 0 Å². The van der Waals surface area contributed by atoms with Crippen molar-refractivity contribution in [1.29, 1.82) is 0 Å². The maximum Gasteiger partial charge on any atom is 0.272 e. The number of nitrogens with zero attached hydrogens (tertiary/aromatic N) is 6. The number of carbonyl (C=O) groups excluding carboxylic acids is 2. The molecule has 3 fully saturated rings. The highest BCUT2D eigenvalue weighted by Crippen LogP contribution is 2.37. The molecule has 0 spiro atoms. The zero-order valence-corrected chi connectivity index (χ0v) is 25.2. The molecule has 1 aliphatic carbocycles. The first-order valence-corrected chi connectivity index (χ1v) is 15.3. The lowest BCUT2D eigenvalue weighted by atomic mass is 9.84. The van der Waals surface area contributed by atoms with Gasteiger partial charge in [-0.3, -0.25) is 9.59 Å². The van der Waals surface area contributed by atoms with Crippen molar-refractivity contribution in [3.05, 3.63) is 34.7 Å². The fraction of sp³-hybridized carbons (Fsp3) is 0.690. The summed E-state index contributed by atoms with van der Waals surface area (Å²) in [5.74, 6) is -2.09. The molecule has 1 atom stereocenters. The maximum atomic E-state index is 13.5. The number of imidazole rings is 1. The van der Waals surface area contributed by atoms with Gasteiger partial charge in [0.1, 0.15) is 5.69 Å². The minimum atomic E-state index is -2.52. The third kappa shape index (κ3) is 8.52. The van der Waals surface area contributed by atoms with E-state index in [-0.39, 0.29) is 42.2 Å². The Bertz CT molecular complexity index is 1360. The number of fused-ring (bicyclic) bond motifs is 1. The van der Waals surface area contributed by atoms with Crippen LogP contribution in [0.2, 0.25) is 0 Å². The number of rotatable bonds is 6. The molecule has 0 radical (unpaired) electrons. The van der Waals surface area contributed by atoms with E-state index in [1.165, 1.54) is 0 Å². The number of nitrogens with one attached hydrogen (secondary N) is 1. The highest BCUT2D eigenvalue weighted by atomic mass is 19.3. The van der Waals surface area contributed by atoms with Crippen LogP contribution in [0.15, 0.2) is 10.8 Å². The van der Waals surface area contributed by atoms with Crippen molar-refractivity contribution in [2.45, 2.75) is 96.8 Å². The summed E-state index contributed by atoms with van der Waals surface area (Å²) < 4.78 is 38.4. The summed E-state index contributed by atoms with van der Waals surface area (Å²) in [4.78, 5) is 32.3. The Labute approximate surface area is 249 Å². The van der Waals surface area contributed by atoms with Crippen LogP contribution < -0.4 is 11.1 Å². The molecule has 1 unspecified atom stereocenters. The van der Waals surface area contributed by atoms with Crippen LogP contribution in [-0.4, -0.2) is 67.4 Å². The second-order valence-corrected chi connectivity index (χ2v) is 11.2. The SMILES string of the molecule is CC.Cc1nonc1C(N)=O.O=C1NCCCC1Cc1nn2cc(CC3CCC(F)(F)CC3)nc2nc1C1CCOCC1. The number of alkyl halides is 2. The molecule has 5 heterocycles. The van der Waals surface area contributed by atoms with E-state index in [0.29, 0.717) is 50.4 Å². The third-order valence-corrected chi connectivity index (χ3v) is 8.13. The third-order valence-electron chi connectivity index (χ3n) is 8.13. The van der Waals surface area contributed by atoms with Gasteiger partial charge in [-0.05, 0) is 62.9 Å². The fourth-order valence-electron chi connectivity index (χ4n) is 5.77. The normalized spacial score (nSPS) is 20.9. The molecule has 2 saturated heterocycles. The molecule has 43 heavy (non-hydrogen) atoms. The van der Waals surface area contributed by atoms with E-state index in [1.807, 2.05) is 20.0 Å². The summed E-state index contributed by atoms with van der Waals surface area (Å²) in [5.41, 5.74) is 8.03. The molecule has 0 bridgehead atoms. The van der Waals surface area contributed by atoms with Crippen molar-refractivity contribution in [1.82, 2.24) is 35.2 Å². The summed E-state index contributed by atoms with van der Waals surface area (Å²) >= 11 is 0. The molecule has 6 rings (SSSR count). The minimum Gasteiger partial charge on any atom is -0.381 e. The number of primary amides is 1. The van der Waals surface area contributed by atoms with Gasteiger partial charge in [0.15, 0.2) is 5.69 Å². The monoisotopic (exact) mass is 604 g/mol. The molecule has 3 aliphatic rings. The molecule has 3 aromatic heterocycles. The largest absolute Gasteiger partial charge is 0.381 e. The van der Waals surface area contributed by atoms with Crippen LogP contribution in [-0.2, 0) is 22.4 Å². The Morgan fingerprint density at radius 2 is 1.81 bits per heavy atom. The van der Waals surface area contributed by atoms with Gasteiger partial charge in [0.25, 0.3) is 11.7 Å². The first-order chi connectivity index (χ1) is 20.7. The number of piperidine rings is 1. The predicted octanol–water partition coefficient (Wildman–Crippen LogP) is 3.96. The predicted molar refractivity (Wildman–Crippen MR) is 153 cm³/mol. The van der Waals surface area contributed by atoms with E-state index in [1.54, 1.807) is 11.4 Å². The lowest BCUT2D eigenvalue weighted by molar-refractivity contribution is -0.126. The second kappa shape index (κ2) is 14.8. The number of aryl methyl sites for hydroxylation is 1. The highest BCUT2D eigenvalue weighted by Gasteiger charge is 2.35. The van der Waals surface area contributed by atoms with Crippen molar-refractivity contribution in [2.24, 2.45) is 17.6 Å². The Morgan fingerprint density at radius 1 is 1.09 bits per heavy atom. The Kier molecular flexibility index (Phi) is 11.1. The maximum absolute atomic E-state index is 13.5. The first kappa shape index (κ1) is 32.4. The summed E-state index contributed by atoms with van der Waals surface area (Å²) in [6.07, 6.45) is 7.72. The Balaban J connectivity index is 0.000000328. The van der Waals surface area contributed by atoms with Crippen molar-refractivity contribution in [3.63, 3.8) is 0 Å². The van der Waals surface area contributed by atoms with Crippen LogP contribution in [0.4, 0.5) is 8.78 Å². The van der Waals surface area contributed by atoms with Gasteiger partial charge in [0.05, 0.1) is 23.3 Å². The molecular weight excluding hydrogens is 562 g/mol. The number of hydrogen-bond acceptors (Lipinski definition) is 9. The summed E-state index contributed by atoms with van der Waals surface area (Å²) in [5, 5.41) is 14.4. The van der Waals surface area contributed by atoms with Crippen LogP contribution in [0.3, 0.4) is 0 Å². The van der Waals surface area contributed by atoms with Crippen molar-refractivity contribution in [2.75, 3.05) is 19.8 Å². The number of carbonyl (C=O) groups is 2. The molecule has 3 aromatic rings. The summed E-state index contributed by atoms with van der Waals surface area (Å²) in [6.45, 7) is 7.74. The lowest BCUT2D eigenvalue weighted by Gasteiger charge is -2.27. The van der Waals surface area contributed by atoms with E-state index in [2.05, 4.69) is 20.3 Å². The number of aromatic nitrogens is 6. The number of amides is 2. The molecule has 14 heteroatoms. The summed E-state index contributed by atoms with van der Waals surface area (Å²) in [6, 6.07) is 0. The van der Waals surface area contributed by atoms with Crippen molar-refractivity contribution in [3.8, 4) is 0 Å². The molecule has 2 amide bonds. The van der Waals surface area contributed by atoms with Crippen LogP contribution >= 0.6 is 0 Å². The topological polar surface area (TPSA) is 163 Å². The van der Waals surface area contributed by atoms with E-state index < -0.39 is 11.8 Å². The molecule has 12 nitrogen and oxygen atoms in total. The van der Waals surface area contributed by atoms with Crippen LogP contribution in [0.5, 0.6) is 0 Å².